The molecular formula is C13H17NO2. The summed E-state index contributed by atoms with van der Waals surface area (Å²) in [6.45, 7) is 0. The van der Waals surface area contributed by atoms with Gasteiger partial charge in [-0.25, -0.2) is 0 Å². The van der Waals surface area contributed by atoms with Crippen LogP contribution in [0.15, 0.2) is 24.3 Å². The number of likely N-dealkylation sites (N-methyl/N-ethyl adjacent to an activating group) is 1. The van der Waals surface area contributed by atoms with Crippen LogP contribution in [-0.2, 0) is 11.2 Å². The molecule has 0 saturated heterocycles. The summed E-state index contributed by atoms with van der Waals surface area (Å²) in [5, 5.41) is 11.7. The average molecular weight is 219 g/mol. The van der Waals surface area contributed by atoms with E-state index in [-0.39, 0.29) is 0 Å². The topological polar surface area (TPSA) is 49.3 Å². The predicted octanol–water partition coefficient (Wildman–Crippen LogP) is 1.78. The van der Waals surface area contributed by atoms with E-state index in [4.69, 9.17) is 5.11 Å². The molecule has 1 saturated carbocycles. The highest BCUT2D eigenvalue weighted by molar-refractivity contribution is 5.73. The molecule has 86 valence electrons. The maximum atomic E-state index is 10.9. The minimum absolute atomic E-state index is 0.494. The lowest BCUT2D eigenvalue weighted by atomic mass is 10.0. The zero-order chi connectivity index (χ0) is 11.5. The van der Waals surface area contributed by atoms with Crippen molar-refractivity contribution in [1.29, 1.82) is 0 Å². The molecule has 1 aliphatic carbocycles. The van der Waals surface area contributed by atoms with Crippen LogP contribution in [0.5, 0.6) is 0 Å². The number of carboxylic acid groups (broad SMARTS) is 1. The van der Waals surface area contributed by atoms with Crippen molar-refractivity contribution in [2.75, 3.05) is 7.05 Å². The van der Waals surface area contributed by atoms with Crippen LogP contribution >= 0.6 is 0 Å². The van der Waals surface area contributed by atoms with Crippen molar-refractivity contribution in [1.82, 2.24) is 5.32 Å². The third-order valence-electron chi connectivity index (χ3n) is 3.11. The summed E-state index contributed by atoms with van der Waals surface area (Å²) in [5.41, 5.74) is 2.46. The van der Waals surface area contributed by atoms with Gasteiger partial charge in [0.05, 0.1) is 0 Å². The maximum absolute atomic E-state index is 10.9. The first kappa shape index (κ1) is 11.1. The summed E-state index contributed by atoms with van der Waals surface area (Å²) in [6, 6.07) is 7.84. The van der Waals surface area contributed by atoms with E-state index in [1.807, 2.05) is 12.1 Å². The number of rotatable bonds is 5. The maximum Gasteiger partial charge on any atom is 0.321 e. The summed E-state index contributed by atoms with van der Waals surface area (Å²) >= 11 is 0. The lowest BCUT2D eigenvalue weighted by Gasteiger charge is -2.11. The lowest BCUT2D eigenvalue weighted by molar-refractivity contribution is -0.139. The fourth-order valence-corrected chi connectivity index (χ4v) is 1.89. The van der Waals surface area contributed by atoms with Crippen molar-refractivity contribution >= 4 is 5.97 Å². The highest BCUT2D eigenvalue weighted by atomic mass is 16.4. The minimum atomic E-state index is -0.797. The second-order valence-corrected chi connectivity index (χ2v) is 4.40. The van der Waals surface area contributed by atoms with E-state index < -0.39 is 12.0 Å². The first-order valence-corrected chi connectivity index (χ1v) is 5.69. The monoisotopic (exact) mass is 219 g/mol. The van der Waals surface area contributed by atoms with E-state index in [1.54, 1.807) is 7.05 Å². The van der Waals surface area contributed by atoms with Crippen LogP contribution in [0.25, 0.3) is 0 Å². The Morgan fingerprint density at radius 1 is 1.44 bits per heavy atom. The smallest absolute Gasteiger partial charge is 0.321 e. The van der Waals surface area contributed by atoms with Gasteiger partial charge >= 0.3 is 5.97 Å². The quantitative estimate of drug-likeness (QED) is 0.793. The molecule has 1 unspecified atom stereocenters. The fourth-order valence-electron chi connectivity index (χ4n) is 1.89. The van der Waals surface area contributed by atoms with Gasteiger partial charge < -0.3 is 10.4 Å². The first-order valence-electron chi connectivity index (χ1n) is 5.69. The summed E-state index contributed by atoms with van der Waals surface area (Å²) in [6.07, 6.45) is 3.14. The van der Waals surface area contributed by atoms with E-state index in [1.165, 1.54) is 18.4 Å². The SMILES string of the molecule is CNC(Cc1ccc(C2CC2)cc1)C(=O)O. The molecule has 0 radical (unpaired) electrons. The van der Waals surface area contributed by atoms with E-state index in [9.17, 15) is 4.79 Å². The van der Waals surface area contributed by atoms with Crippen molar-refractivity contribution in [2.45, 2.75) is 31.2 Å². The largest absolute Gasteiger partial charge is 0.480 e. The van der Waals surface area contributed by atoms with Gasteiger partial charge in [0.1, 0.15) is 6.04 Å². The molecule has 0 aliphatic heterocycles. The van der Waals surface area contributed by atoms with Crippen LogP contribution in [0.3, 0.4) is 0 Å². The minimum Gasteiger partial charge on any atom is -0.480 e. The fraction of sp³-hybridized carbons (Fsp3) is 0.462. The predicted molar refractivity (Wildman–Crippen MR) is 62.6 cm³/mol. The van der Waals surface area contributed by atoms with Crippen LogP contribution < -0.4 is 5.32 Å². The van der Waals surface area contributed by atoms with Crippen LogP contribution in [0.1, 0.15) is 29.9 Å². The van der Waals surface area contributed by atoms with E-state index >= 15 is 0 Å². The van der Waals surface area contributed by atoms with E-state index in [0.29, 0.717) is 6.42 Å². The lowest BCUT2D eigenvalue weighted by Crippen LogP contribution is -2.35. The number of hydrogen-bond acceptors (Lipinski definition) is 2. The summed E-state index contributed by atoms with van der Waals surface area (Å²) < 4.78 is 0. The van der Waals surface area contributed by atoms with Gasteiger partial charge in [-0.3, -0.25) is 4.79 Å². The molecule has 1 fully saturated rings. The zero-order valence-electron chi connectivity index (χ0n) is 9.44. The standard InChI is InChI=1S/C13H17NO2/c1-14-12(13(15)16)8-9-2-4-10(5-3-9)11-6-7-11/h2-5,11-12,14H,6-8H2,1H3,(H,15,16). The Morgan fingerprint density at radius 3 is 2.50 bits per heavy atom. The molecule has 1 aromatic carbocycles. The Hall–Kier alpha value is -1.35. The highest BCUT2D eigenvalue weighted by Crippen LogP contribution is 2.39. The van der Waals surface area contributed by atoms with Crippen molar-refractivity contribution in [2.24, 2.45) is 0 Å². The van der Waals surface area contributed by atoms with Crippen molar-refractivity contribution in [3.63, 3.8) is 0 Å². The Bertz CT molecular complexity index is 368. The number of hydrogen-bond donors (Lipinski definition) is 2. The molecule has 3 nitrogen and oxygen atoms in total. The van der Waals surface area contributed by atoms with Crippen LogP contribution in [-0.4, -0.2) is 24.2 Å². The van der Waals surface area contributed by atoms with Gasteiger partial charge in [-0.2, -0.15) is 0 Å². The van der Waals surface area contributed by atoms with Crippen LogP contribution in [0.2, 0.25) is 0 Å². The van der Waals surface area contributed by atoms with E-state index in [0.717, 1.165) is 11.5 Å². The van der Waals surface area contributed by atoms with Gasteiger partial charge in [0.25, 0.3) is 0 Å². The molecule has 3 heteroatoms. The van der Waals surface area contributed by atoms with Gasteiger partial charge in [-0.05, 0) is 43.4 Å². The molecule has 0 bridgehead atoms. The van der Waals surface area contributed by atoms with Gasteiger partial charge in [0, 0.05) is 0 Å². The summed E-state index contributed by atoms with van der Waals surface area (Å²) in [7, 11) is 1.68. The molecule has 1 atom stereocenters. The van der Waals surface area contributed by atoms with Gasteiger partial charge in [0.15, 0.2) is 0 Å². The van der Waals surface area contributed by atoms with Gasteiger partial charge in [-0.15, -0.1) is 0 Å². The second kappa shape index (κ2) is 4.66. The molecule has 1 aromatic rings. The molecule has 0 amide bonds. The number of benzene rings is 1. The van der Waals surface area contributed by atoms with Crippen molar-refractivity contribution < 1.29 is 9.90 Å². The summed E-state index contributed by atoms with van der Waals surface area (Å²) in [5.74, 6) is -0.0395. The Morgan fingerprint density at radius 2 is 2.06 bits per heavy atom. The van der Waals surface area contributed by atoms with E-state index in [2.05, 4.69) is 17.4 Å². The molecule has 16 heavy (non-hydrogen) atoms. The van der Waals surface area contributed by atoms with Gasteiger partial charge in [0.2, 0.25) is 0 Å². The molecular weight excluding hydrogens is 202 g/mol. The van der Waals surface area contributed by atoms with Crippen molar-refractivity contribution in [3.8, 4) is 0 Å². The first-order chi connectivity index (χ1) is 7.70. The summed E-state index contributed by atoms with van der Waals surface area (Å²) in [4.78, 5) is 10.9. The van der Waals surface area contributed by atoms with Crippen LogP contribution in [0.4, 0.5) is 0 Å². The van der Waals surface area contributed by atoms with Gasteiger partial charge in [-0.1, -0.05) is 24.3 Å². The Labute approximate surface area is 95.5 Å². The number of aliphatic carboxylic acids is 1. The molecule has 1 aliphatic rings. The van der Waals surface area contributed by atoms with Crippen LogP contribution in [0, 0.1) is 0 Å². The number of carboxylic acids is 1. The number of nitrogens with one attached hydrogen (secondary N) is 1. The Balaban J connectivity index is 2.00. The average Bonchev–Trinajstić information content (AvgIpc) is 3.10. The third kappa shape index (κ3) is 2.61. The highest BCUT2D eigenvalue weighted by Gasteiger charge is 2.23. The second-order valence-electron chi connectivity index (χ2n) is 4.40. The van der Waals surface area contributed by atoms with Crippen molar-refractivity contribution in [3.05, 3.63) is 35.4 Å². The normalized spacial score (nSPS) is 17.1. The number of carbonyl (C=O) groups is 1. The zero-order valence-corrected chi connectivity index (χ0v) is 9.44. The molecule has 0 spiro atoms. The molecule has 2 rings (SSSR count). The Kier molecular flexibility index (Phi) is 3.25. The molecule has 2 N–H and O–H groups in total. The third-order valence-corrected chi connectivity index (χ3v) is 3.11. The molecule has 0 aromatic heterocycles. The molecule has 0 heterocycles.